The van der Waals surface area contributed by atoms with Gasteiger partial charge in [-0.25, -0.2) is 9.97 Å². The van der Waals surface area contributed by atoms with E-state index < -0.39 is 0 Å². The van der Waals surface area contributed by atoms with Crippen molar-refractivity contribution >= 4 is 273 Å². The van der Waals surface area contributed by atoms with Gasteiger partial charge in [0, 0.05) is 191 Å². The second-order valence-corrected chi connectivity index (χ2v) is 40.6. The summed E-state index contributed by atoms with van der Waals surface area (Å²) in [7, 11) is 0. The SMILES string of the molecule is c1ccc(-c2ccc3c(c2)c2c4sc5ccccc5c4c4ccccc4c2n3-c2ccccc2)cc1.c1ccc(-c2nc(-c3ccc4c(c3)sc3ccc(-n5c6ccccc6c6c7c8ccccc8sc7c7ccccc7c65)cc34)nc3c2ccc2ccccc23)cc1.c1ccc(N(c2ccccc2)c2ccc3sc4c(c3c2)c2ccccc2c2c4c3ccccc3n2-c2ccc3ccccc3c2)cc1. The molecule has 23 aromatic carbocycles. The molecule has 0 fully saturated rings. The third-order valence-corrected chi connectivity index (χ3v) is 33.3. The van der Waals surface area contributed by atoms with Crippen LogP contribution in [0.15, 0.2) is 473 Å². The Morgan fingerprint density at radius 1 is 0.186 bits per heavy atom. The molecule has 31 aromatic rings. The maximum atomic E-state index is 5.28. The van der Waals surface area contributed by atoms with Crippen molar-refractivity contribution in [1.29, 1.82) is 0 Å². The highest BCUT2D eigenvalue weighted by molar-refractivity contribution is 7.28. The van der Waals surface area contributed by atoms with E-state index in [1.165, 1.54) is 223 Å². The highest BCUT2D eigenvalue weighted by Gasteiger charge is 2.29. The summed E-state index contributed by atoms with van der Waals surface area (Å²) in [5.41, 5.74) is 21.0. The minimum absolute atomic E-state index is 0.738. The van der Waals surface area contributed by atoms with Gasteiger partial charge in [-0.3, -0.25) is 0 Å². The van der Waals surface area contributed by atoms with Gasteiger partial charge in [-0.2, -0.15) is 0 Å². The van der Waals surface area contributed by atoms with Gasteiger partial charge in [-0.15, -0.1) is 45.3 Å². The summed E-state index contributed by atoms with van der Waals surface area (Å²) >= 11 is 7.57. The molecule has 0 aliphatic carbocycles. The van der Waals surface area contributed by atoms with Gasteiger partial charge in [0.15, 0.2) is 5.82 Å². The molecule has 0 atom stereocenters. The Hall–Kier alpha value is -17.2. The standard InChI is InChI=1S/C52H29N3S2.C44H28N2S.C34H21NS/c1-2-13-31(14-3-1)48-40-26-22-30-12-4-5-15-34(30)49(40)54-52(53-48)32-23-25-35-41-29-33(24-27-44(41)56-45(35)28-32)55-42-20-10-8-18-38(42)46-47-39-19-9-11-21-43(39)57-51(47)37-17-7-6-16-36(37)50(46)55;1-3-15-31(16-4-1)45(32-17-5-2-6-18-32)34-25-26-40-38(28-34)41-35-19-9-10-20-36(35)43-42(44(41)47-40)37-21-11-12-22-39(37)46(43)33-24-23-29-13-7-8-14-30(29)27-33;1-3-11-22(12-4-1)23-19-20-29-28(21-23)32-33(35(29)24-13-5-2-6-14-24)26-16-8-7-15-25(26)31-27-17-9-10-18-30(27)36-34(31)32/h1-29H;1-28H;1-21H. The summed E-state index contributed by atoms with van der Waals surface area (Å²) in [4.78, 5) is 12.9. The van der Waals surface area contributed by atoms with Crippen LogP contribution in [0.5, 0.6) is 0 Å². The minimum Gasteiger partial charge on any atom is -0.310 e. The molecule has 0 amide bonds. The van der Waals surface area contributed by atoms with Gasteiger partial charge >= 0.3 is 0 Å². The zero-order chi connectivity index (χ0) is 91.7. The zero-order valence-electron chi connectivity index (χ0n) is 75.3. The molecule has 10 heteroatoms. The molecule has 0 radical (unpaired) electrons. The lowest BCUT2D eigenvalue weighted by Crippen LogP contribution is -2.09. The second kappa shape index (κ2) is 32.2. The van der Waals surface area contributed by atoms with Crippen LogP contribution in [0.1, 0.15) is 0 Å². The number of thiophene rings is 4. The molecule has 0 saturated carbocycles. The lowest BCUT2D eigenvalue weighted by atomic mass is 9.98. The van der Waals surface area contributed by atoms with E-state index in [1.54, 1.807) is 0 Å². The Balaban J connectivity index is 0.000000103. The number of aromatic nitrogens is 5. The Kier molecular flexibility index (Phi) is 18.4. The molecule has 652 valence electrons. The molecular weight excluding hydrogens is 1770 g/mol. The molecule has 140 heavy (non-hydrogen) atoms. The molecule has 31 rings (SSSR count). The smallest absolute Gasteiger partial charge is 0.160 e. The molecule has 0 N–H and O–H groups in total. The summed E-state index contributed by atoms with van der Waals surface area (Å²) in [5, 5.41) is 32.0. The molecule has 0 bridgehead atoms. The van der Waals surface area contributed by atoms with E-state index in [1.807, 2.05) is 45.3 Å². The number of para-hydroxylation sites is 5. The average Bonchev–Trinajstić information content (AvgIpc) is 1.54. The van der Waals surface area contributed by atoms with E-state index in [4.69, 9.17) is 9.97 Å². The molecule has 0 saturated heterocycles. The van der Waals surface area contributed by atoms with Crippen LogP contribution < -0.4 is 4.90 Å². The summed E-state index contributed by atoms with van der Waals surface area (Å²) < 4.78 is 18.0. The van der Waals surface area contributed by atoms with Crippen LogP contribution in [-0.4, -0.2) is 23.7 Å². The van der Waals surface area contributed by atoms with Gasteiger partial charge in [-0.05, 0) is 172 Å². The van der Waals surface area contributed by atoms with Crippen molar-refractivity contribution in [1.82, 2.24) is 23.7 Å². The number of nitrogens with zero attached hydrogens (tertiary/aromatic N) is 6. The molecule has 8 heterocycles. The van der Waals surface area contributed by atoms with Crippen molar-refractivity contribution in [2.45, 2.75) is 0 Å². The van der Waals surface area contributed by atoms with Gasteiger partial charge in [0.1, 0.15) is 0 Å². The molecule has 0 spiro atoms. The highest BCUT2D eigenvalue weighted by Crippen LogP contribution is 2.55. The van der Waals surface area contributed by atoms with Gasteiger partial charge in [0.05, 0.1) is 44.3 Å². The zero-order valence-corrected chi connectivity index (χ0v) is 78.6. The van der Waals surface area contributed by atoms with Crippen LogP contribution in [0.3, 0.4) is 0 Å². The van der Waals surface area contributed by atoms with Gasteiger partial charge in [0.25, 0.3) is 0 Å². The Morgan fingerprint density at radius 3 is 1.29 bits per heavy atom. The first-order chi connectivity index (χ1) is 69.5. The molecule has 0 unspecified atom stereocenters. The number of hydrogen-bond acceptors (Lipinski definition) is 7. The Morgan fingerprint density at radius 2 is 0.629 bits per heavy atom. The average molecular weight is 1850 g/mol. The van der Waals surface area contributed by atoms with E-state index in [0.29, 0.717) is 0 Å². The number of rotatable bonds is 9. The first-order valence-corrected chi connectivity index (χ1v) is 50.8. The molecule has 0 aliphatic heterocycles. The van der Waals surface area contributed by atoms with Crippen LogP contribution in [0.25, 0.3) is 262 Å². The van der Waals surface area contributed by atoms with Crippen molar-refractivity contribution in [3.8, 4) is 50.8 Å². The fourth-order valence-corrected chi connectivity index (χ4v) is 27.5. The van der Waals surface area contributed by atoms with E-state index in [2.05, 4.69) is 492 Å². The maximum Gasteiger partial charge on any atom is 0.160 e. The summed E-state index contributed by atoms with van der Waals surface area (Å²) in [6, 6.07) is 172. The van der Waals surface area contributed by atoms with Crippen LogP contribution in [0.4, 0.5) is 17.1 Å². The van der Waals surface area contributed by atoms with E-state index >= 15 is 0 Å². The number of hydrogen-bond donors (Lipinski definition) is 0. The van der Waals surface area contributed by atoms with Crippen molar-refractivity contribution in [2.75, 3.05) is 4.90 Å². The third-order valence-electron chi connectivity index (χ3n) is 28.6. The lowest BCUT2D eigenvalue weighted by Gasteiger charge is -2.25. The monoisotopic (exact) mass is 1850 g/mol. The lowest BCUT2D eigenvalue weighted by molar-refractivity contribution is 1.19. The minimum atomic E-state index is 0.738. The van der Waals surface area contributed by atoms with E-state index in [0.717, 1.165) is 56.0 Å². The van der Waals surface area contributed by atoms with Crippen molar-refractivity contribution in [3.63, 3.8) is 0 Å². The number of benzene rings is 23. The Labute approximate surface area is 819 Å². The predicted molar refractivity (Wildman–Crippen MR) is 606 cm³/mol. The largest absolute Gasteiger partial charge is 0.310 e. The van der Waals surface area contributed by atoms with Crippen molar-refractivity contribution in [2.24, 2.45) is 0 Å². The topological polar surface area (TPSA) is 43.8 Å². The first kappa shape index (κ1) is 80.1. The van der Waals surface area contributed by atoms with Gasteiger partial charge in [0.2, 0.25) is 0 Å². The quantitative estimate of drug-likeness (QED) is 0.135. The first-order valence-electron chi connectivity index (χ1n) is 47.6. The number of anilines is 3. The third kappa shape index (κ3) is 12.5. The number of fused-ring (bicyclic) bond motifs is 37. The summed E-state index contributed by atoms with van der Waals surface area (Å²) in [5.74, 6) is 0.738. The van der Waals surface area contributed by atoms with Crippen LogP contribution >= 0.6 is 45.3 Å². The molecule has 8 aromatic heterocycles. The Bertz CT molecular complexity index is 10500. The van der Waals surface area contributed by atoms with Crippen molar-refractivity contribution in [3.05, 3.63) is 473 Å². The van der Waals surface area contributed by atoms with E-state index in [9.17, 15) is 0 Å². The fraction of sp³-hybridized carbons (Fsp3) is 0. The normalized spacial score (nSPS) is 12.0. The summed E-state index contributed by atoms with van der Waals surface area (Å²) in [6.07, 6.45) is 0. The molecule has 6 nitrogen and oxygen atoms in total. The van der Waals surface area contributed by atoms with Crippen LogP contribution in [0, 0.1) is 0 Å². The predicted octanol–water partition coefficient (Wildman–Crippen LogP) is 38.0. The van der Waals surface area contributed by atoms with Crippen LogP contribution in [0.2, 0.25) is 0 Å². The van der Waals surface area contributed by atoms with Crippen LogP contribution in [-0.2, 0) is 0 Å². The maximum absolute atomic E-state index is 5.28. The second-order valence-electron chi connectivity index (χ2n) is 36.3. The van der Waals surface area contributed by atoms with Gasteiger partial charge < -0.3 is 18.6 Å². The van der Waals surface area contributed by atoms with Gasteiger partial charge in [-0.1, -0.05) is 340 Å². The molecular formula is C130H78N6S4. The molecule has 0 aliphatic rings. The highest BCUT2D eigenvalue weighted by atomic mass is 32.1. The fourth-order valence-electron chi connectivity index (χ4n) is 22.6. The van der Waals surface area contributed by atoms with E-state index in [-0.39, 0.29) is 0 Å². The summed E-state index contributed by atoms with van der Waals surface area (Å²) in [6.45, 7) is 0. The van der Waals surface area contributed by atoms with Crippen molar-refractivity contribution < 1.29 is 0 Å².